The Morgan fingerprint density at radius 3 is 2.40 bits per heavy atom. The van der Waals surface area contributed by atoms with Gasteiger partial charge in [-0.1, -0.05) is 31.2 Å². The zero-order valence-electron chi connectivity index (χ0n) is 18.2. The van der Waals surface area contributed by atoms with Crippen molar-refractivity contribution >= 4 is 17.5 Å². The summed E-state index contributed by atoms with van der Waals surface area (Å²) >= 11 is 0. The van der Waals surface area contributed by atoms with Crippen LogP contribution in [-0.4, -0.2) is 43.0 Å². The third kappa shape index (κ3) is 6.03. The molecule has 2 amide bonds. The molecule has 0 heterocycles. The van der Waals surface area contributed by atoms with Gasteiger partial charge in [-0.3, -0.25) is 14.5 Å². The minimum Gasteiger partial charge on any atom is -0.494 e. The molecule has 30 heavy (non-hydrogen) atoms. The number of nitrogens with one attached hydrogen (secondary N) is 2. The zero-order chi connectivity index (χ0) is 22.3. The number of ether oxygens (including phenoxy) is 1. The molecule has 6 nitrogen and oxygen atoms in total. The Labute approximate surface area is 177 Å². The minimum atomic E-state index is -0.479. The number of anilines is 1. The topological polar surface area (TPSA) is 70.7 Å². The molecule has 2 aromatic rings. The summed E-state index contributed by atoms with van der Waals surface area (Å²) < 4.78 is 18.9. The maximum absolute atomic E-state index is 13.9. The molecule has 2 aromatic carbocycles. The average molecular weight is 416 g/mol. The van der Waals surface area contributed by atoms with Crippen molar-refractivity contribution in [2.45, 2.75) is 40.3 Å². The van der Waals surface area contributed by atoms with Crippen LogP contribution < -0.4 is 15.4 Å². The summed E-state index contributed by atoms with van der Waals surface area (Å²) in [6.45, 7) is 8.41. The highest BCUT2D eigenvalue weighted by Crippen LogP contribution is 2.20. The highest BCUT2D eigenvalue weighted by Gasteiger charge is 2.21. The molecular formula is C23H30FN3O3. The second kappa shape index (κ2) is 10.7. The Morgan fingerprint density at radius 2 is 1.83 bits per heavy atom. The fraction of sp³-hybridized carbons (Fsp3) is 0.391. The quantitative estimate of drug-likeness (QED) is 0.658. The summed E-state index contributed by atoms with van der Waals surface area (Å²) in [5, 5.41) is 5.54. The first kappa shape index (κ1) is 23.3. The highest BCUT2D eigenvalue weighted by molar-refractivity contribution is 5.96. The number of amides is 2. The molecule has 2 N–H and O–H groups in total. The Bertz CT molecular complexity index is 881. The van der Waals surface area contributed by atoms with Gasteiger partial charge in [0.05, 0.1) is 19.7 Å². The van der Waals surface area contributed by atoms with Crippen LogP contribution in [0.3, 0.4) is 0 Å². The predicted molar refractivity (Wildman–Crippen MR) is 116 cm³/mol. The summed E-state index contributed by atoms with van der Waals surface area (Å²) in [6.07, 6.45) is 0. The van der Waals surface area contributed by atoms with Gasteiger partial charge in [-0.15, -0.1) is 0 Å². The van der Waals surface area contributed by atoms with Crippen LogP contribution in [0.4, 0.5) is 10.1 Å². The summed E-state index contributed by atoms with van der Waals surface area (Å²) in [5.74, 6) is -0.801. The summed E-state index contributed by atoms with van der Waals surface area (Å²) in [4.78, 5) is 26.7. The lowest BCUT2D eigenvalue weighted by Crippen LogP contribution is -2.46. The largest absolute Gasteiger partial charge is 0.494 e. The van der Waals surface area contributed by atoms with Crippen molar-refractivity contribution in [2.24, 2.45) is 0 Å². The molecule has 0 unspecified atom stereocenters. The van der Waals surface area contributed by atoms with Crippen molar-refractivity contribution in [3.05, 3.63) is 58.9 Å². The SMILES string of the molecule is CCN(Cc1ccc(OC)c(F)c1)[C@@H](C)C(=O)NCC(=O)Nc1c(C)cccc1C. The smallest absolute Gasteiger partial charge is 0.243 e. The van der Waals surface area contributed by atoms with Crippen LogP contribution in [0.2, 0.25) is 0 Å². The van der Waals surface area contributed by atoms with Crippen molar-refractivity contribution in [2.75, 3.05) is 25.5 Å². The molecule has 0 aromatic heterocycles. The van der Waals surface area contributed by atoms with Gasteiger partial charge in [0, 0.05) is 12.2 Å². The molecule has 1 atom stereocenters. The van der Waals surface area contributed by atoms with Crippen LogP contribution in [0.15, 0.2) is 36.4 Å². The van der Waals surface area contributed by atoms with Crippen LogP contribution in [0.25, 0.3) is 0 Å². The first-order valence-corrected chi connectivity index (χ1v) is 9.97. The monoisotopic (exact) mass is 415 g/mol. The van der Waals surface area contributed by atoms with Gasteiger partial charge in [-0.05, 0) is 56.1 Å². The first-order chi connectivity index (χ1) is 14.3. The number of hydrogen-bond acceptors (Lipinski definition) is 4. The fourth-order valence-corrected chi connectivity index (χ4v) is 3.24. The summed E-state index contributed by atoms with van der Waals surface area (Å²) in [5.41, 5.74) is 3.43. The van der Waals surface area contributed by atoms with E-state index in [-0.39, 0.29) is 24.1 Å². The summed E-state index contributed by atoms with van der Waals surface area (Å²) in [6, 6.07) is 10.0. The lowest BCUT2D eigenvalue weighted by molar-refractivity contribution is -0.128. The van der Waals surface area contributed by atoms with Gasteiger partial charge in [-0.25, -0.2) is 4.39 Å². The number of rotatable bonds is 9. The van der Waals surface area contributed by atoms with Crippen LogP contribution in [0, 0.1) is 19.7 Å². The number of para-hydroxylation sites is 1. The van der Waals surface area contributed by atoms with Gasteiger partial charge < -0.3 is 15.4 Å². The number of halogens is 1. The van der Waals surface area contributed by atoms with Crippen molar-refractivity contribution in [3.63, 3.8) is 0 Å². The van der Waals surface area contributed by atoms with Crippen LogP contribution in [-0.2, 0) is 16.1 Å². The lowest BCUT2D eigenvalue weighted by atomic mass is 10.1. The minimum absolute atomic E-state index is 0.119. The number of carbonyl (C=O) groups is 2. The third-order valence-electron chi connectivity index (χ3n) is 5.10. The van der Waals surface area contributed by atoms with Crippen LogP contribution in [0.5, 0.6) is 5.75 Å². The molecular weight excluding hydrogens is 385 g/mol. The first-order valence-electron chi connectivity index (χ1n) is 9.97. The molecule has 162 valence electrons. The number of aryl methyl sites for hydroxylation is 2. The Hall–Kier alpha value is -2.93. The van der Waals surface area contributed by atoms with Crippen molar-refractivity contribution < 1.29 is 18.7 Å². The van der Waals surface area contributed by atoms with E-state index in [0.29, 0.717) is 13.1 Å². The fourth-order valence-electron chi connectivity index (χ4n) is 3.24. The van der Waals surface area contributed by atoms with Gasteiger partial charge in [0.1, 0.15) is 0 Å². The van der Waals surface area contributed by atoms with E-state index < -0.39 is 11.9 Å². The van der Waals surface area contributed by atoms with E-state index in [2.05, 4.69) is 10.6 Å². The van der Waals surface area contributed by atoms with Gasteiger partial charge in [0.25, 0.3) is 0 Å². The molecule has 0 aliphatic rings. The van der Waals surface area contributed by atoms with E-state index in [0.717, 1.165) is 22.4 Å². The van der Waals surface area contributed by atoms with Gasteiger partial charge in [0.2, 0.25) is 11.8 Å². The maximum Gasteiger partial charge on any atom is 0.243 e. The Balaban J connectivity index is 1.93. The Kier molecular flexibility index (Phi) is 8.35. The van der Waals surface area contributed by atoms with E-state index in [9.17, 15) is 14.0 Å². The molecule has 0 radical (unpaired) electrons. The van der Waals surface area contributed by atoms with Gasteiger partial charge in [0.15, 0.2) is 11.6 Å². The zero-order valence-corrected chi connectivity index (χ0v) is 18.2. The third-order valence-corrected chi connectivity index (χ3v) is 5.10. The van der Waals surface area contributed by atoms with E-state index in [4.69, 9.17) is 4.74 Å². The standard InChI is InChI=1S/C23H30FN3O3/c1-6-27(14-18-10-11-20(30-5)19(24)12-18)17(4)23(29)25-13-21(28)26-22-15(2)8-7-9-16(22)3/h7-12,17H,6,13-14H2,1-5H3,(H,25,29)(H,26,28)/t17-/m0/s1. The predicted octanol–water partition coefficient (Wildman–Crippen LogP) is 3.42. The molecule has 0 aliphatic heterocycles. The van der Waals surface area contributed by atoms with E-state index in [1.165, 1.54) is 13.2 Å². The molecule has 2 rings (SSSR count). The number of methoxy groups -OCH3 is 1. The summed E-state index contributed by atoms with van der Waals surface area (Å²) in [7, 11) is 1.42. The van der Waals surface area contributed by atoms with Crippen molar-refractivity contribution in [3.8, 4) is 5.75 Å². The molecule has 0 fully saturated rings. The van der Waals surface area contributed by atoms with E-state index >= 15 is 0 Å². The van der Waals surface area contributed by atoms with Crippen LogP contribution >= 0.6 is 0 Å². The molecule has 0 aliphatic carbocycles. The van der Waals surface area contributed by atoms with Crippen molar-refractivity contribution in [1.82, 2.24) is 10.2 Å². The van der Waals surface area contributed by atoms with Crippen LogP contribution in [0.1, 0.15) is 30.5 Å². The molecule has 0 saturated heterocycles. The lowest BCUT2D eigenvalue weighted by Gasteiger charge is -2.27. The molecule has 0 bridgehead atoms. The normalized spacial score (nSPS) is 11.8. The number of hydrogen-bond donors (Lipinski definition) is 2. The number of likely N-dealkylation sites (N-methyl/N-ethyl adjacent to an activating group) is 1. The van der Waals surface area contributed by atoms with Crippen molar-refractivity contribution in [1.29, 1.82) is 0 Å². The molecule has 0 spiro atoms. The van der Waals surface area contributed by atoms with Gasteiger partial charge in [-0.2, -0.15) is 0 Å². The second-order valence-electron chi connectivity index (χ2n) is 7.24. The van der Waals surface area contributed by atoms with E-state index in [1.807, 2.05) is 43.9 Å². The highest BCUT2D eigenvalue weighted by atomic mass is 19.1. The molecule has 7 heteroatoms. The Morgan fingerprint density at radius 1 is 1.17 bits per heavy atom. The van der Waals surface area contributed by atoms with Gasteiger partial charge >= 0.3 is 0 Å². The van der Waals surface area contributed by atoms with E-state index in [1.54, 1.807) is 19.1 Å². The number of nitrogens with zero attached hydrogens (tertiary/aromatic N) is 1. The second-order valence-corrected chi connectivity index (χ2v) is 7.24. The maximum atomic E-state index is 13.9. The number of benzene rings is 2. The average Bonchev–Trinajstić information content (AvgIpc) is 2.72. The molecule has 0 saturated carbocycles. The number of carbonyl (C=O) groups excluding carboxylic acids is 2.